The lowest BCUT2D eigenvalue weighted by molar-refractivity contribution is 0.0606. The zero-order chi connectivity index (χ0) is 14.7. The smallest absolute Gasteiger partial charge is 0.351 e. The molecule has 7 heteroatoms. The van der Waals surface area contributed by atoms with Crippen LogP contribution >= 0.6 is 38.9 Å². The fourth-order valence-corrected chi connectivity index (χ4v) is 3.03. The summed E-state index contributed by atoms with van der Waals surface area (Å²) in [6.45, 7) is 0.678. The molecule has 0 radical (unpaired) electrons. The van der Waals surface area contributed by atoms with Crippen LogP contribution in [0.3, 0.4) is 0 Å². The van der Waals surface area contributed by atoms with Crippen molar-refractivity contribution < 1.29 is 9.53 Å². The van der Waals surface area contributed by atoms with Crippen molar-refractivity contribution in [3.63, 3.8) is 0 Å². The monoisotopic (exact) mass is 374 g/mol. The molecule has 0 saturated heterocycles. The summed E-state index contributed by atoms with van der Waals surface area (Å²) in [7, 11) is 3.22. The van der Waals surface area contributed by atoms with E-state index in [2.05, 4.69) is 25.7 Å². The van der Waals surface area contributed by atoms with Crippen LogP contribution in [0.5, 0.6) is 0 Å². The van der Waals surface area contributed by atoms with Gasteiger partial charge in [0.15, 0.2) is 15.2 Å². The SMILES string of the molecule is COC(=O)c1sc(N(C)Cc2ccc(Br)cc2)nc1Cl. The van der Waals surface area contributed by atoms with Gasteiger partial charge in [0.25, 0.3) is 0 Å². The molecular weight excluding hydrogens is 364 g/mol. The summed E-state index contributed by atoms with van der Waals surface area (Å²) >= 11 is 10.6. The Bertz CT molecular complexity index is 615. The summed E-state index contributed by atoms with van der Waals surface area (Å²) < 4.78 is 5.70. The highest BCUT2D eigenvalue weighted by Gasteiger charge is 2.19. The molecule has 0 atom stereocenters. The number of carbonyl (C=O) groups is 1. The Hall–Kier alpha value is -1.11. The Morgan fingerprint density at radius 2 is 2.10 bits per heavy atom. The van der Waals surface area contributed by atoms with Gasteiger partial charge in [0.2, 0.25) is 0 Å². The van der Waals surface area contributed by atoms with E-state index in [0.717, 1.165) is 10.0 Å². The molecule has 0 unspecified atom stereocenters. The third-order valence-electron chi connectivity index (χ3n) is 2.60. The van der Waals surface area contributed by atoms with Crippen LogP contribution in [0.2, 0.25) is 5.15 Å². The Labute approximate surface area is 134 Å². The van der Waals surface area contributed by atoms with Gasteiger partial charge < -0.3 is 9.64 Å². The van der Waals surface area contributed by atoms with E-state index in [1.54, 1.807) is 0 Å². The van der Waals surface area contributed by atoms with E-state index in [4.69, 9.17) is 11.6 Å². The molecule has 0 bridgehead atoms. The number of hydrogen-bond donors (Lipinski definition) is 0. The predicted octanol–water partition coefficient (Wildman–Crippen LogP) is 3.98. The van der Waals surface area contributed by atoms with Crippen molar-refractivity contribution in [2.24, 2.45) is 0 Å². The maximum Gasteiger partial charge on any atom is 0.351 e. The molecule has 2 rings (SSSR count). The lowest BCUT2D eigenvalue weighted by Gasteiger charge is -2.15. The number of thiazole rings is 1. The van der Waals surface area contributed by atoms with Gasteiger partial charge in [-0.2, -0.15) is 0 Å². The summed E-state index contributed by atoms with van der Waals surface area (Å²) in [6, 6.07) is 8.02. The quantitative estimate of drug-likeness (QED) is 0.758. The lowest BCUT2D eigenvalue weighted by atomic mass is 10.2. The minimum Gasteiger partial charge on any atom is -0.465 e. The van der Waals surface area contributed by atoms with Crippen LogP contribution in [0.4, 0.5) is 5.13 Å². The van der Waals surface area contributed by atoms with Crippen LogP contribution in [-0.4, -0.2) is 25.1 Å². The molecule has 20 heavy (non-hydrogen) atoms. The van der Waals surface area contributed by atoms with E-state index < -0.39 is 5.97 Å². The number of nitrogens with zero attached hydrogens (tertiary/aromatic N) is 2. The van der Waals surface area contributed by atoms with Crippen LogP contribution in [0.1, 0.15) is 15.2 Å². The number of hydrogen-bond acceptors (Lipinski definition) is 5. The highest BCUT2D eigenvalue weighted by molar-refractivity contribution is 9.10. The van der Waals surface area contributed by atoms with Gasteiger partial charge in [-0.1, -0.05) is 51.0 Å². The van der Waals surface area contributed by atoms with Gasteiger partial charge in [0.05, 0.1) is 7.11 Å². The third-order valence-corrected chi connectivity index (χ3v) is 4.67. The van der Waals surface area contributed by atoms with Crippen molar-refractivity contribution in [1.82, 2.24) is 4.98 Å². The molecule has 0 aliphatic heterocycles. The molecule has 0 amide bonds. The molecule has 1 aromatic heterocycles. The average molecular weight is 376 g/mol. The first-order chi connectivity index (χ1) is 9.51. The van der Waals surface area contributed by atoms with Gasteiger partial charge in [-0.3, -0.25) is 0 Å². The van der Waals surface area contributed by atoms with Crippen LogP contribution < -0.4 is 4.90 Å². The zero-order valence-electron chi connectivity index (χ0n) is 10.9. The van der Waals surface area contributed by atoms with Gasteiger partial charge in [0, 0.05) is 18.1 Å². The van der Waals surface area contributed by atoms with Gasteiger partial charge in [0.1, 0.15) is 0 Å². The van der Waals surface area contributed by atoms with E-state index in [0.29, 0.717) is 16.6 Å². The first-order valence-electron chi connectivity index (χ1n) is 5.71. The largest absolute Gasteiger partial charge is 0.465 e. The molecule has 1 heterocycles. The summed E-state index contributed by atoms with van der Waals surface area (Å²) in [5.41, 5.74) is 1.14. The molecule has 0 aliphatic rings. The van der Waals surface area contributed by atoms with E-state index in [1.807, 2.05) is 36.2 Å². The second-order valence-electron chi connectivity index (χ2n) is 4.09. The number of aromatic nitrogens is 1. The standard InChI is InChI=1S/C13H12BrClN2O2S/c1-17(7-8-3-5-9(14)6-4-8)13-16-11(15)10(20-13)12(18)19-2/h3-6H,7H2,1-2H3. The van der Waals surface area contributed by atoms with E-state index in [-0.39, 0.29) is 5.15 Å². The van der Waals surface area contributed by atoms with Crippen LogP contribution in [-0.2, 0) is 11.3 Å². The van der Waals surface area contributed by atoms with Crippen LogP contribution in [0.25, 0.3) is 0 Å². The molecule has 0 N–H and O–H groups in total. The number of halogens is 2. The Balaban J connectivity index is 2.15. The molecule has 106 valence electrons. The maximum absolute atomic E-state index is 11.5. The third kappa shape index (κ3) is 3.50. The molecule has 4 nitrogen and oxygen atoms in total. The highest BCUT2D eigenvalue weighted by atomic mass is 79.9. The van der Waals surface area contributed by atoms with Crippen molar-refractivity contribution in [2.45, 2.75) is 6.54 Å². The molecule has 0 fully saturated rings. The van der Waals surface area contributed by atoms with E-state index in [9.17, 15) is 4.79 Å². The van der Waals surface area contributed by atoms with Gasteiger partial charge in [-0.25, -0.2) is 9.78 Å². The Kier molecular flexibility index (Phi) is 5.01. The molecule has 2 aromatic rings. The van der Waals surface area contributed by atoms with Crippen molar-refractivity contribution in [3.8, 4) is 0 Å². The van der Waals surface area contributed by atoms with Crippen molar-refractivity contribution in [3.05, 3.63) is 44.3 Å². The van der Waals surface area contributed by atoms with Crippen LogP contribution in [0, 0.1) is 0 Å². The summed E-state index contributed by atoms with van der Waals surface area (Å²) in [6.07, 6.45) is 0. The van der Waals surface area contributed by atoms with Crippen LogP contribution in [0.15, 0.2) is 28.7 Å². The maximum atomic E-state index is 11.5. The number of ether oxygens (including phenoxy) is 1. The highest BCUT2D eigenvalue weighted by Crippen LogP contribution is 2.30. The fourth-order valence-electron chi connectivity index (χ4n) is 1.60. The molecule has 0 saturated carbocycles. The van der Waals surface area contributed by atoms with Gasteiger partial charge in [-0.05, 0) is 17.7 Å². The van der Waals surface area contributed by atoms with E-state index in [1.165, 1.54) is 18.4 Å². The summed E-state index contributed by atoms with van der Waals surface area (Å²) in [5, 5.41) is 0.859. The fraction of sp³-hybridized carbons (Fsp3) is 0.231. The van der Waals surface area contributed by atoms with Crippen molar-refractivity contribution in [1.29, 1.82) is 0 Å². The number of anilines is 1. The van der Waals surface area contributed by atoms with Crippen molar-refractivity contribution >= 4 is 50.0 Å². The lowest BCUT2D eigenvalue weighted by Crippen LogP contribution is -2.15. The minimum atomic E-state index is -0.462. The Morgan fingerprint density at radius 1 is 1.45 bits per heavy atom. The number of rotatable bonds is 4. The van der Waals surface area contributed by atoms with Gasteiger partial charge >= 0.3 is 5.97 Å². The first-order valence-corrected chi connectivity index (χ1v) is 7.70. The zero-order valence-corrected chi connectivity index (χ0v) is 14.1. The number of carbonyl (C=O) groups excluding carboxylic acids is 1. The van der Waals surface area contributed by atoms with Crippen molar-refractivity contribution in [2.75, 3.05) is 19.1 Å². The second-order valence-corrected chi connectivity index (χ2v) is 6.34. The molecule has 1 aromatic carbocycles. The average Bonchev–Trinajstić information content (AvgIpc) is 2.82. The Morgan fingerprint density at radius 3 is 2.70 bits per heavy atom. The van der Waals surface area contributed by atoms with Gasteiger partial charge in [-0.15, -0.1) is 0 Å². The van der Waals surface area contributed by atoms with E-state index >= 15 is 0 Å². The molecule has 0 spiro atoms. The molecular formula is C13H12BrClN2O2S. The summed E-state index contributed by atoms with van der Waals surface area (Å²) in [4.78, 5) is 18.0. The normalized spacial score (nSPS) is 10.4. The molecule has 0 aliphatic carbocycles. The second kappa shape index (κ2) is 6.56. The number of methoxy groups -OCH3 is 1. The number of esters is 1. The summed E-state index contributed by atoms with van der Waals surface area (Å²) in [5.74, 6) is -0.462. The minimum absolute atomic E-state index is 0.180. The number of benzene rings is 1. The topological polar surface area (TPSA) is 42.4 Å². The predicted molar refractivity (Wildman–Crippen MR) is 84.7 cm³/mol. The first kappa shape index (κ1) is 15.3.